The minimum atomic E-state index is -0.127. The van der Waals surface area contributed by atoms with Gasteiger partial charge in [0, 0.05) is 37.0 Å². The number of nitrogens with zero attached hydrogens (tertiary/aromatic N) is 2. The highest BCUT2D eigenvalue weighted by Crippen LogP contribution is 2.24. The van der Waals surface area contributed by atoms with Crippen LogP contribution in [0.4, 0.5) is 10.5 Å². The zero-order valence-corrected chi connectivity index (χ0v) is 16.7. The molecule has 1 aromatic rings. The van der Waals surface area contributed by atoms with Gasteiger partial charge in [0.2, 0.25) is 0 Å². The van der Waals surface area contributed by atoms with Crippen LogP contribution in [-0.4, -0.2) is 31.1 Å². The molecule has 0 spiro atoms. The monoisotopic (exact) mass is 382 g/mol. The van der Waals surface area contributed by atoms with Crippen LogP contribution in [0.3, 0.4) is 0 Å². The minimum absolute atomic E-state index is 0.117. The summed E-state index contributed by atoms with van der Waals surface area (Å²) in [6.07, 6.45) is 6.70. The van der Waals surface area contributed by atoms with Gasteiger partial charge in [-0.15, -0.1) is 0 Å². The molecule has 1 unspecified atom stereocenters. The molecule has 3 rings (SSSR count). The van der Waals surface area contributed by atoms with E-state index in [0.717, 1.165) is 61.7 Å². The number of carbonyl (C=O) groups excluding carboxylic acids is 1. The number of fused-ring (bicyclic) bond motifs is 1. The van der Waals surface area contributed by atoms with Gasteiger partial charge in [-0.05, 0) is 50.1 Å². The van der Waals surface area contributed by atoms with E-state index in [1.807, 2.05) is 37.4 Å². The lowest BCUT2D eigenvalue weighted by molar-refractivity contribution is 0.244. The molecule has 0 fully saturated rings. The molecule has 7 heteroatoms. The van der Waals surface area contributed by atoms with Crippen molar-refractivity contribution in [2.45, 2.75) is 45.8 Å². The van der Waals surface area contributed by atoms with Gasteiger partial charge in [-0.3, -0.25) is 9.89 Å². The van der Waals surface area contributed by atoms with Gasteiger partial charge in [0.1, 0.15) is 6.17 Å². The molecular weight excluding hydrogens is 352 g/mol. The number of rotatable bonds is 9. The SMILES string of the molecule is CCCC(N)=NCCCNCc1ccc(N2C=C3C=C(C)NC3NC2=O)cc1. The van der Waals surface area contributed by atoms with E-state index in [0.29, 0.717) is 0 Å². The van der Waals surface area contributed by atoms with Crippen molar-refractivity contribution >= 4 is 17.6 Å². The van der Waals surface area contributed by atoms with Crippen LogP contribution in [0.25, 0.3) is 0 Å². The van der Waals surface area contributed by atoms with Gasteiger partial charge in [0.05, 0.1) is 11.5 Å². The fraction of sp³-hybridized carbons (Fsp3) is 0.429. The summed E-state index contributed by atoms with van der Waals surface area (Å²) in [5.41, 5.74) is 9.94. The standard InChI is InChI=1S/C21H30N6O/c1-3-5-19(22)24-11-4-10-23-13-16-6-8-18(9-7-16)27-14-17-12-15(2)25-20(17)26-21(27)28/h6-9,12,14,20,23,25H,3-5,10-11,13H2,1-2H3,(H2,22,24)(H,26,28). The van der Waals surface area contributed by atoms with Crippen molar-refractivity contribution in [1.29, 1.82) is 0 Å². The number of carbonyl (C=O) groups is 1. The smallest absolute Gasteiger partial charge is 0.327 e. The van der Waals surface area contributed by atoms with E-state index in [1.54, 1.807) is 4.90 Å². The molecule has 1 aromatic carbocycles. The van der Waals surface area contributed by atoms with Crippen molar-refractivity contribution in [3.63, 3.8) is 0 Å². The number of nitrogens with two attached hydrogens (primary N) is 1. The molecule has 1 atom stereocenters. The predicted molar refractivity (Wildman–Crippen MR) is 114 cm³/mol. The van der Waals surface area contributed by atoms with Crippen LogP contribution in [0.1, 0.15) is 38.7 Å². The molecule has 0 bridgehead atoms. The van der Waals surface area contributed by atoms with Gasteiger partial charge < -0.3 is 21.7 Å². The molecule has 5 N–H and O–H groups in total. The number of amidine groups is 1. The van der Waals surface area contributed by atoms with Crippen molar-refractivity contribution in [3.8, 4) is 0 Å². The third-order valence-corrected chi connectivity index (χ3v) is 4.73. The Morgan fingerprint density at radius 3 is 2.82 bits per heavy atom. The summed E-state index contributed by atoms with van der Waals surface area (Å²) in [4.78, 5) is 18.4. The fourth-order valence-electron chi connectivity index (χ4n) is 3.28. The van der Waals surface area contributed by atoms with Crippen LogP contribution in [-0.2, 0) is 6.54 Å². The molecule has 0 aromatic heterocycles. The molecule has 7 nitrogen and oxygen atoms in total. The van der Waals surface area contributed by atoms with Crippen LogP contribution in [0.5, 0.6) is 0 Å². The zero-order chi connectivity index (χ0) is 19.9. The van der Waals surface area contributed by atoms with E-state index >= 15 is 0 Å². The van der Waals surface area contributed by atoms with E-state index in [1.165, 1.54) is 5.56 Å². The predicted octanol–water partition coefficient (Wildman–Crippen LogP) is 2.57. The van der Waals surface area contributed by atoms with E-state index in [9.17, 15) is 4.79 Å². The highest BCUT2D eigenvalue weighted by Gasteiger charge is 2.29. The third-order valence-electron chi connectivity index (χ3n) is 4.73. The Kier molecular flexibility index (Phi) is 6.71. The molecule has 2 aliphatic rings. The minimum Gasteiger partial charge on any atom is -0.387 e. The Morgan fingerprint density at radius 2 is 2.07 bits per heavy atom. The topological polar surface area (TPSA) is 94.8 Å². The quantitative estimate of drug-likeness (QED) is 0.300. The molecule has 28 heavy (non-hydrogen) atoms. The number of nitrogens with one attached hydrogen (secondary N) is 3. The van der Waals surface area contributed by atoms with E-state index in [2.05, 4.69) is 33.9 Å². The summed E-state index contributed by atoms with van der Waals surface area (Å²) in [5.74, 6) is 0.750. The van der Waals surface area contributed by atoms with Gasteiger partial charge in [-0.2, -0.15) is 0 Å². The fourth-order valence-corrected chi connectivity index (χ4v) is 3.28. The Morgan fingerprint density at radius 1 is 1.29 bits per heavy atom. The van der Waals surface area contributed by atoms with Gasteiger partial charge in [-0.25, -0.2) is 4.79 Å². The zero-order valence-electron chi connectivity index (χ0n) is 16.7. The summed E-state index contributed by atoms with van der Waals surface area (Å²) < 4.78 is 0. The van der Waals surface area contributed by atoms with Gasteiger partial charge >= 0.3 is 6.03 Å². The van der Waals surface area contributed by atoms with Crippen LogP contribution >= 0.6 is 0 Å². The summed E-state index contributed by atoms with van der Waals surface area (Å²) in [6.45, 7) is 6.54. The first-order chi connectivity index (χ1) is 13.6. The van der Waals surface area contributed by atoms with Crippen molar-refractivity contribution in [2.24, 2.45) is 10.7 Å². The second-order valence-corrected chi connectivity index (χ2v) is 7.17. The highest BCUT2D eigenvalue weighted by atomic mass is 16.2. The van der Waals surface area contributed by atoms with E-state index in [4.69, 9.17) is 5.73 Å². The van der Waals surface area contributed by atoms with Crippen LogP contribution in [0, 0.1) is 0 Å². The molecule has 2 amide bonds. The van der Waals surface area contributed by atoms with Crippen LogP contribution < -0.4 is 26.6 Å². The second-order valence-electron chi connectivity index (χ2n) is 7.17. The van der Waals surface area contributed by atoms with E-state index in [-0.39, 0.29) is 12.2 Å². The number of allylic oxidation sites excluding steroid dienone is 1. The van der Waals surface area contributed by atoms with Crippen LogP contribution in [0.2, 0.25) is 0 Å². The van der Waals surface area contributed by atoms with Crippen molar-refractivity contribution in [1.82, 2.24) is 16.0 Å². The maximum atomic E-state index is 12.4. The molecule has 0 radical (unpaired) electrons. The number of hydrogen-bond donors (Lipinski definition) is 4. The molecular formula is C21H30N6O. The summed E-state index contributed by atoms with van der Waals surface area (Å²) in [5, 5.41) is 9.61. The summed E-state index contributed by atoms with van der Waals surface area (Å²) in [6, 6.07) is 7.92. The highest BCUT2D eigenvalue weighted by molar-refractivity contribution is 5.96. The number of anilines is 1. The maximum Gasteiger partial charge on any atom is 0.327 e. The third kappa shape index (κ3) is 5.13. The first-order valence-corrected chi connectivity index (χ1v) is 9.91. The average molecular weight is 383 g/mol. The second kappa shape index (κ2) is 9.41. The van der Waals surface area contributed by atoms with Gasteiger partial charge in [-0.1, -0.05) is 19.1 Å². The summed E-state index contributed by atoms with van der Waals surface area (Å²) in [7, 11) is 0. The number of hydrogen-bond acceptors (Lipinski definition) is 4. The molecule has 0 aliphatic carbocycles. The average Bonchev–Trinajstić information content (AvgIpc) is 3.03. The Bertz CT molecular complexity index is 781. The number of urea groups is 1. The Hall–Kier alpha value is -2.80. The normalized spacial score (nSPS) is 18.9. The maximum absolute atomic E-state index is 12.4. The summed E-state index contributed by atoms with van der Waals surface area (Å²) >= 11 is 0. The molecule has 2 heterocycles. The van der Waals surface area contributed by atoms with Gasteiger partial charge in [0.25, 0.3) is 0 Å². The molecule has 2 aliphatic heterocycles. The number of aliphatic imine (C=N–C) groups is 1. The van der Waals surface area contributed by atoms with Gasteiger partial charge in [0.15, 0.2) is 0 Å². The van der Waals surface area contributed by atoms with E-state index < -0.39 is 0 Å². The van der Waals surface area contributed by atoms with Crippen molar-refractivity contribution in [3.05, 3.63) is 53.4 Å². The Labute approximate surface area is 166 Å². The number of benzene rings is 1. The number of amides is 2. The Balaban J connectivity index is 1.47. The largest absolute Gasteiger partial charge is 0.387 e. The van der Waals surface area contributed by atoms with Crippen molar-refractivity contribution < 1.29 is 4.79 Å². The lowest BCUT2D eigenvalue weighted by Crippen LogP contribution is -2.51. The molecule has 0 saturated carbocycles. The first-order valence-electron chi connectivity index (χ1n) is 9.91. The first kappa shape index (κ1) is 19.9. The lowest BCUT2D eigenvalue weighted by Gasteiger charge is -2.29. The lowest BCUT2D eigenvalue weighted by atomic mass is 10.1. The van der Waals surface area contributed by atoms with Crippen LogP contribution in [0.15, 0.2) is 52.8 Å². The van der Waals surface area contributed by atoms with Crippen molar-refractivity contribution in [2.75, 3.05) is 18.0 Å². The molecule has 0 saturated heterocycles. The molecule has 150 valence electrons.